The SMILES string of the molecule is COc1ccc([N+](=O)[O-])cc1OC(=O)c1cccc(Cl)c1Cl. The normalized spacial score (nSPS) is 10.1. The highest BCUT2D eigenvalue weighted by Gasteiger charge is 2.19. The molecule has 0 bridgehead atoms. The van der Waals surface area contributed by atoms with Crippen molar-refractivity contribution in [3.8, 4) is 11.5 Å². The molecule has 22 heavy (non-hydrogen) atoms. The van der Waals surface area contributed by atoms with Crippen LogP contribution in [0.25, 0.3) is 0 Å². The first-order chi connectivity index (χ1) is 10.4. The Morgan fingerprint density at radius 1 is 1.18 bits per heavy atom. The number of esters is 1. The van der Waals surface area contributed by atoms with Gasteiger partial charge in [-0.2, -0.15) is 0 Å². The average Bonchev–Trinajstić information content (AvgIpc) is 2.49. The number of non-ortho nitro benzene ring substituents is 1. The Bertz CT molecular complexity index is 748. The number of nitrogens with zero attached hydrogens (tertiary/aromatic N) is 1. The summed E-state index contributed by atoms with van der Waals surface area (Å²) < 4.78 is 10.1. The summed E-state index contributed by atoms with van der Waals surface area (Å²) >= 11 is 11.8. The molecule has 2 aromatic rings. The molecule has 0 aliphatic rings. The van der Waals surface area contributed by atoms with Crippen molar-refractivity contribution < 1.29 is 19.2 Å². The molecule has 0 aliphatic carbocycles. The van der Waals surface area contributed by atoms with E-state index in [9.17, 15) is 14.9 Å². The number of benzene rings is 2. The fourth-order valence-electron chi connectivity index (χ4n) is 1.68. The van der Waals surface area contributed by atoms with Crippen molar-refractivity contribution in [1.29, 1.82) is 0 Å². The van der Waals surface area contributed by atoms with Gasteiger partial charge in [0.05, 0.1) is 33.7 Å². The molecule has 0 spiro atoms. The van der Waals surface area contributed by atoms with Gasteiger partial charge in [-0.1, -0.05) is 29.3 Å². The molecule has 0 aliphatic heterocycles. The Kier molecular flexibility index (Phi) is 4.85. The van der Waals surface area contributed by atoms with Crippen molar-refractivity contribution in [2.45, 2.75) is 0 Å². The molecule has 2 rings (SSSR count). The van der Waals surface area contributed by atoms with E-state index in [-0.39, 0.29) is 32.8 Å². The van der Waals surface area contributed by atoms with E-state index in [0.717, 1.165) is 6.07 Å². The number of methoxy groups -OCH3 is 1. The van der Waals surface area contributed by atoms with Crippen LogP contribution >= 0.6 is 23.2 Å². The Labute approximate surface area is 135 Å². The van der Waals surface area contributed by atoms with Gasteiger partial charge in [0, 0.05) is 6.07 Å². The van der Waals surface area contributed by atoms with Crippen LogP contribution in [0.1, 0.15) is 10.4 Å². The van der Waals surface area contributed by atoms with Crippen LogP contribution in [0.2, 0.25) is 10.0 Å². The lowest BCUT2D eigenvalue weighted by molar-refractivity contribution is -0.384. The maximum absolute atomic E-state index is 12.1. The lowest BCUT2D eigenvalue weighted by Gasteiger charge is -2.10. The number of hydrogen-bond donors (Lipinski definition) is 0. The van der Waals surface area contributed by atoms with Crippen LogP contribution < -0.4 is 9.47 Å². The van der Waals surface area contributed by atoms with Gasteiger partial charge in [0.25, 0.3) is 5.69 Å². The van der Waals surface area contributed by atoms with Crippen molar-refractivity contribution in [2.75, 3.05) is 7.11 Å². The van der Waals surface area contributed by atoms with E-state index in [2.05, 4.69) is 0 Å². The lowest BCUT2D eigenvalue weighted by atomic mass is 10.2. The second kappa shape index (κ2) is 6.64. The molecular formula is C14H9Cl2NO5. The summed E-state index contributed by atoms with van der Waals surface area (Å²) in [5.74, 6) is -0.707. The van der Waals surface area contributed by atoms with Crippen LogP contribution in [0.15, 0.2) is 36.4 Å². The van der Waals surface area contributed by atoms with E-state index >= 15 is 0 Å². The smallest absolute Gasteiger partial charge is 0.345 e. The Morgan fingerprint density at radius 2 is 1.91 bits per heavy atom. The lowest BCUT2D eigenvalue weighted by Crippen LogP contribution is -2.10. The molecule has 0 radical (unpaired) electrons. The van der Waals surface area contributed by atoms with E-state index in [0.29, 0.717) is 0 Å². The largest absolute Gasteiger partial charge is 0.493 e. The summed E-state index contributed by atoms with van der Waals surface area (Å²) in [6.45, 7) is 0. The monoisotopic (exact) mass is 341 g/mol. The molecule has 0 N–H and O–H groups in total. The Morgan fingerprint density at radius 3 is 2.55 bits per heavy atom. The van der Waals surface area contributed by atoms with Crippen molar-refractivity contribution >= 4 is 34.9 Å². The first-order valence-electron chi connectivity index (χ1n) is 5.92. The van der Waals surface area contributed by atoms with Gasteiger partial charge in [-0.05, 0) is 18.2 Å². The van der Waals surface area contributed by atoms with Crippen LogP contribution in [-0.4, -0.2) is 18.0 Å². The molecule has 0 atom stereocenters. The zero-order valence-corrected chi connectivity index (χ0v) is 12.7. The van der Waals surface area contributed by atoms with Crippen molar-refractivity contribution in [1.82, 2.24) is 0 Å². The second-order valence-electron chi connectivity index (χ2n) is 4.08. The number of ether oxygens (including phenoxy) is 2. The standard InChI is InChI=1S/C14H9Cl2NO5/c1-21-11-6-5-8(17(19)20)7-12(11)22-14(18)9-3-2-4-10(15)13(9)16/h2-7H,1H3. The highest BCUT2D eigenvalue weighted by Crippen LogP contribution is 2.33. The maximum atomic E-state index is 12.1. The zero-order valence-electron chi connectivity index (χ0n) is 11.2. The minimum atomic E-state index is -0.800. The zero-order chi connectivity index (χ0) is 16.3. The van der Waals surface area contributed by atoms with Crippen molar-refractivity contribution in [3.05, 3.63) is 62.1 Å². The molecule has 0 heterocycles. The van der Waals surface area contributed by atoms with E-state index in [1.165, 1.54) is 37.4 Å². The van der Waals surface area contributed by atoms with E-state index in [1.54, 1.807) is 0 Å². The van der Waals surface area contributed by atoms with Crippen LogP contribution in [0, 0.1) is 10.1 Å². The molecule has 0 unspecified atom stereocenters. The predicted octanol–water partition coefficient (Wildman–Crippen LogP) is 4.13. The highest BCUT2D eigenvalue weighted by atomic mass is 35.5. The van der Waals surface area contributed by atoms with Crippen LogP contribution in [-0.2, 0) is 0 Å². The molecular weight excluding hydrogens is 333 g/mol. The number of hydrogen-bond acceptors (Lipinski definition) is 5. The van der Waals surface area contributed by atoms with Gasteiger partial charge in [-0.15, -0.1) is 0 Å². The van der Waals surface area contributed by atoms with Gasteiger partial charge in [0.15, 0.2) is 11.5 Å². The average molecular weight is 342 g/mol. The third-order valence-electron chi connectivity index (χ3n) is 2.73. The minimum absolute atomic E-state index is 0.0403. The van der Waals surface area contributed by atoms with Gasteiger partial charge in [-0.25, -0.2) is 4.79 Å². The molecule has 8 heteroatoms. The summed E-state index contributed by atoms with van der Waals surface area (Å²) in [5.41, 5.74) is -0.191. The van der Waals surface area contributed by atoms with E-state index < -0.39 is 10.9 Å². The van der Waals surface area contributed by atoms with Crippen molar-refractivity contribution in [2.24, 2.45) is 0 Å². The number of carbonyl (C=O) groups excluding carboxylic acids is 1. The molecule has 2 aromatic carbocycles. The van der Waals surface area contributed by atoms with Crippen LogP contribution in [0.5, 0.6) is 11.5 Å². The number of rotatable bonds is 4. The summed E-state index contributed by atoms with van der Waals surface area (Å²) in [6, 6.07) is 8.16. The summed E-state index contributed by atoms with van der Waals surface area (Å²) in [7, 11) is 1.35. The first kappa shape index (κ1) is 16.1. The molecule has 114 valence electrons. The maximum Gasteiger partial charge on any atom is 0.345 e. The number of nitro groups is 1. The van der Waals surface area contributed by atoms with Gasteiger partial charge in [-0.3, -0.25) is 10.1 Å². The predicted molar refractivity (Wildman–Crippen MR) is 81.1 cm³/mol. The Hall–Kier alpha value is -2.31. The minimum Gasteiger partial charge on any atom is -0.493 e. The van der Waals surface area contributed by atoms with Gasteiger partial charge in [0.1, 0.15) is 0 Å². The van der Waals surface area contributed by atoms with Gasteiger partial charge >= 0.3 is 5.97 Å². The molecule has 0 saturated carbocycles. The molecule has 0 saturated heterocycles. The Balaban J connectivity index is 2.37. The van der Waals surface area contributed by atoms with Gasteiger partial charge < -0.3 is 9.47 Å². The topological polar surface area (TPSA) is 78.7 Å². The van der Waals surface area contributed by atoms with Crippen LogP contribution in [0.4, 0.5) is 5.69 Å². The van der Waals surface area contributed by atoms with E-state index in [4.69, 9.17) is 32.7 Å². The highest BCUT2D eigenvalue weighted by molar-refractivity contribution is 6.43. The van der Waals surface area contributed by atoms with Crippen LogP contribution in [0.3, 0.4) is 0 Å². The molecule has 6 nitrogen and oxygen atoms in total. The van der Waals surface area contributed by atoms with Crippen molar-refractivity contribution in [3.63, 3.8) is 0 Å². The molecule has 0 aromatic heterocycles. The summed E-state index contributed by atoms with van der Waals surface area (Å²) in [6.07, 6.45) is 0. The second-order valence-corrected chi connectivity index (χ2v) is 4.87. The summed E-state index contributed by atoms with van der Waals surface area (Å²) in [5, 5.41) is 11.0. The third-order valence-corrected chi connectivity index (χ3v) is 3.55. The molecule has 0 fully saturated rings. The fourth-order valence-corrected chi connectivity index (χ4v) is 2.05. The van der Waals surface area contributed by atoms with E-state index in [1.807, 2.05) is 0 Å². The number of nitro benzene ring substituents is 1. The molecule has 0 amide bonds. The number of carbonyl (C=O) groups is 1. The quantitative estimate of drug-likeness (QED) is 0.361. The third kappa shape index (κ3) is 3.29. The fraction of sp³-hybridized carbons (Fsp3) is 0.0714. The number of halogens is 2. The first-order valence-corrected chi connectivity index (χ1v) is 6.68. The van der Waals surface area contributed by atoms with Gasteiger partial charge in [0.2, 0.25) is 0 Å². The summed E-state index contributed by atoms with van der Waals surface area (Å²) in [4.78, 5) is 22.3.